The van der Waals surface area contributed by atoms with E-state index in [-0.39, 0.29) is 11.7 Å². The molecule has 0 saturated carbocycles. The van der Waals surface area contributed by atoms with Crippen molar-refractivity contribution in [3.05, 3.63) is 77.5 Å². The number of allylic oxidation sites excluding steroid dienone is 2. The zero-order chi connectivity index (χ0) is 21.6. The summed E-state index contributed by atoms with van der Waals surface area (Å²) in [6, 6.07) is 15.6. The van der Waals surface area contributed by atoms with Crippen molar-refractivity contribution < 1.29 is 14.3 Å². The molecule has 0 N–H and O–H groups in total. The van der Waals surface area contributed by atoms with Gasteiger partial charge in [-0.3, -0.25) is 9.59 Å². The Morgan fingerprint density at radius 3 is 2.52 bits per heavy atom. The van der Waals surface area contributed by atoms with Crippen LogP contribution in [0.5, 0.6) is 5.75 Å². The highest BCUT2D eigenvalue weighted by Crippen LogP contribution is 2.43. The van der Waals surface area contributed by atoms with Crippen LogP contribution in [0.1, 0.15) is 45.7 Å². The molecule has 1 unspecified atom stereocenters. The number of aryl methyl sites for hydroxylation is 1. The third kappa shape index (κ3) is 3.07. The van der Waals surface area contributed by atoms with Gasteiger partial charge in [-0.25, -0.2) is 0 Å². The number of benzene rings is 2. The summed E-state index contributed by atoms with van der Waals surface area (Å²) in [5.74, 6) is 0.810. The van der Waals surface area contributed by atoms with Gasteiger partial charge in [-0.1, -0.05) is 42.5 Å². The molecule has 5 nitrogen and oxygen atoms in total. The lowest BCUT2D eigenvalue weighted by Crippen LogP contribution is -2.43. The van der Waals surface area contributed by atoms with Gasteiger partial charge in [-0.15, -0.1) is 0 Å². The lowest BCUT2D eigenvalue weighted by molar-refractivity contribution is 0.0579. The van der Waals surface area contributed by atoms with Crippen LogP contribution in [0.2, 0.25) is 0 Å². The highest BCUT2D eigenvalue weighted by Gasteiger charge is 2.47. The number of nitrogens with zero attached hydrogens (tertiary/aromatic N) is 2. The van der Waals surface area contributed by atoms with Gasteiger partial charge in [-0.05, 0) is 43.0 Å². The van der Waals surface area contributed by atoms with Gasteiger partial charge >= 0.3 is 0 Å². The number of Topliss-reactive ketones (excluding diaryl/α,β-unsaturated/α-hetero) is 1. The minimum Gasteiger partial charge on any atom is -0.497 e. The summed E-state index contributed by atoms with van der Waals surface area (Å²) < 4.78 is 7.16. The fourth-order valence-electron chi connectivity index (χ4n) is 5.11. The average molecular weight is 415 g/mol. The van der Waals surface area contributed by atoms with Gasteiger partial charge in [0.1, 0.15) is 11.4 Å². The summed E-state index contributed by atoms with van der Waals surface area (Å²) in [7, 11) is 3.53. The van der Waals surface area contributed by atoms with Crippen molar-refractivity contribution >= 4 is 22.6 Å². The second-order valence-electron chi connectivity index (χ2n) is 8.63. The van der Waals surface area contributed by atoms with Gasteiger partial charge in [0, 0.05) is 31.0 Å². The number of rotatable bonds is 3. The SMILES string of the molecule is COc1ccc(CN2CC3(CC=CCC3)C(=O)c3c(n(C)c4ccccc34)C2=O)cc1. The molecule has 2 aromatic carbocycles. The number of methoxy groups -OCH3 is 1. The Bertz CT molecular complexity index is 1210. The molecule has 0 bridgehead atoms. The number of carbonyl (C=O) groups excluding carboxylic acids is 2. The van der Waals surface area contributed by atoms with E-state index in [0.29, 0.717) is 30.8 Å². The van der Waals surface area contributed by atoms with Gasteiger partial charge in [0.15, 0.2) is 5.78 Å². The molecular formula is C26H26N2O3. The van der Waals surface area contributed by atoms with Crippen LogP contribution < -0.4 is 4.74 Å². The summed E-state index contributed by atoms with van der Waals surface area (Å²) in [5.41, 5.74) is 2.46. The molecule has 5 heteroatoms. The molecule has 0 radical (unpaired) electrons. The van der Waals surface area contributed by atoms with Gasteiger partial charge in [0.05, 0.1) is 18.1 Å². The minimum absolute atomic E-state index is 0.0794. The average Bonchev–Trinajstić information content (AvgIpc) is 3.07. The predicted molar refractivity (Wildman–Crippen MR) is 120 cm³/mol. The third-order valence-corrected chi connectivity index (χ3v) is 6.80. The van der Waals surface area contributed by atoms with Crippen molar-refractivity contribution in [3.8, 4) is 5.75 Å². The zero-order valence-electron chi connectivity index (χ0n) is 17.9. The number of fused-ring (bicyclic) bond motifs is 3. The maximum atomic E-state index is 14.0. The van der Waals surface area contributed by atoms with E-state index in [1.54, 1.807) is 7.11 Å². The fourth-order valence-corrected chi connectivity index (χ4v) is 5.11. The van der Waals surface area contributed by atoms with Crippen molar-refractivity contribution in [3.63, 3.8) is 0 Å². The molecule has 1 aliphatic carbocycles. The number of hydrogen-bond acceptors (Lipinski definition) is 3. The van der Waals surface area contributed by atoms with E-state index >= 15 is 0 Å². The van der Waals surface area contributed by atoms with Crippen LogP contribution in [0.15, 0.2) is 60.7 Å². The third-order valence-electron chi connectivity index (χ3n) is 6.80. The van der Waals surface area contributed by atoms with Gasteiger partial charge in [0.25, 0.3) is 5.91 Å². The number of carbonyl (C=O) groups is 2. The highest BCUT2D eigenvalue weighted by molar-refractivity contribution is 6.19. The fraction of sp³-hybridized carbons (Fsp3) is 0.308. The summed E-state index contributed by atoms with van der Waals surface area (Å²) in [5, 5.41) is 0.874. The van der Waals surface area contributed by atoms with Crippen LogP contribution in [0.25, 0.3) is 10.9 Å². The normalized spacial score (nSPS) is 20.9. The van der Waals surface area contributed by atoms with E-state index in [9.17, 15) is 9.59 Å². The van der Waals surface area contributed by atoms with E-state index in [1.807, 2.05) is 65.0 Å². The Hall–Kier alpha value is -3.34. The Labute approximate surface area is 181 Å². The molecule has 1 spiro atoms. The maximum Gasteiger partial charge on any atom is 0.271 e. The second kappa shape index (κ2) is 7.41. The number of amides is 1. The van der Waals surface area contributed by atoms with Crippen molar-refractivity contribution in [2.24, 2.45) is 12.5 Å². The van der Waals surface area contributed by atoms with Gasteiger partial charge in [0.2, 0.25) is 0 Å². The first-order valence-corrected chi connectivity index (χ1v) is 10.7. The Morgan fingerprint density at radius 1 is 1.03 bits per heavy atom. The topological polar surface area (TPSA) is 51.5 Å². The number of hydrogen-bond donors (Lipinski definition) is 0. The van der Waals surface area contributed by atoms with Crippen molar-refractivity contribution in [2.75, 3.05) is 13.7 Å². The van der Waals surface area contributed by atoms with Crippen LogP contribution >= 0.6 is 0 Å². The molecule has 31 heavy (non-hydrogen) atoms. The first kappa shape index (κ1) is 19.6. The lowest BCUT2D eigenvalue weighted by Gasteiger charge is -2.36. The molecule has 3 aromatic rings. The molecule has 1 aliphatic heterocycles. The molecule has 1 atom stereocenters. The van der Waals surface area contributed by atoms with Crippen LogP contribution in [0, 0.1) is 5.41 Å². The smallest absolute Gasteiger partial charge is 0.271 e. The first-order chi connectivity index (χ1) is 15.0. The summed E-state index contributed by atoms with van der Waals surface area (Å²) in [4.78, 5) is 29.7. The first-order valence-electron chi connectivity index (χ1n) is 10.7. The maximum absolute atomic E-state index is 14.0. The molecule has 1 aromatic heterocycles. The van der Waals surface area contributed by atoms with Crippen LogP contribution in [-0.2, 0) is 13.6 Å². The van der Waals surface area contributed by atoms with E-state index in [2.05, 4.69) is 12.2 Å². The molecule has 2 aliphatic rings. The van der Waals surface area contributed by atoms with Crippen molar-refractivity contribution in [2.45, 2.75) is 25.8 Å². The summed E-state index contributed by atoms with van der Waals surface area (Å²) in [6.45, 7) is 0.895. The second-order valence-corrected chi connectivity index (χ2v) is 8.63. The molecule has 2 heterocycles. The molecule has 158 valence electrons. The molecule has 0 fully saturated rings. The zero-order valence-corrected chi connectivity index (χ0v) is 17.9. The van der Waals surface area contributed by atoms with Crippen LogP contribution in [-0.4, -0.2) is 34.8 Å². The number of aromatic nitrogens is 1. The molecule has 5 rings (SSSR count). The largest absolute Gasteiger partial charge is 0.497 e. The minimum atomic E-state index is -0.577. The number of para-hydroxylation sites is 1. The Kier molecular flexibility index (Phi) is 4.69. The van der Waals surface area contributed by atoms with Crippen molar-refractivity contribution in [1.29, 1.82) is 0 Å². The number of ketones is 1. The Morgan fingerprint density at radius 2 is 1.81 bits per heavy atom. The van der Waals surface area contributed by atoms with E-state index < -0.39 is 5.41 Å². The van der Waals surface area contributed by atoms with Crippen LogP contribution in [0.4, 0.5) is 0 Å². The van der Waals surface area contributed by atoms with E-state index in [0.717, 1.165) is 35.1 Å². The van der Waals surface area contributed by atoms with Gasteiger partial charge in [-0.2, -0.15) is 0 Å². The van der Waals surface area contributed by atoms with Crippen LogP contribution in [0.3, 0.4) is 0 Å². The predicted octanol–water partition coefficient (Wildman–Crippen LogP) is 4.75. The quantitative estimate of drug-likeness (QED) is 0.581. The standard InChI is InChI=1S/C26H26N2O3/c1-27-21-9-5-4-8-20(21)22-23(27)25(30)28(16-18-10-12-19(31-2)13-11-18)17-26(24(22)29)14-6-3-7-15-26/h3-6,8-13H,7,14-17H2,1-2H3. The lowest BCUT2D eigenvalue weighted by atomic mass is 9.71. The highest BCUT2D eigenvalue weighted by atomic mass is 16.5. The summed E-state index contributed by atoms with van der Waals surface area (Å²) in [6.07, 6.45) is 6.53. The monoisotopic (exact) mass is 414 g/mol. The molecule has 0 saturated heterocycles. The Balaban J connectivity index is 1.66. The molecular weight excluding hydrogens is 388 g/mol. The van der Waals surface area contributed by atoms with Gasteiger partial charge < -0.3 is 14.2 Å². The molecule has 1 amide bonds. The van der Waals surface area contributed by atoms with E-state index in [1.165, 1.54) is 0 Å². The summed E-state index contributed by atoms with van der Waals surface area (Å²) >= 11 is 0. The van der Waals surface area contributed by atoms with Crippen molar-refractivity contribution in [1.82, 2.24) is 9.47 Å². The van der Waals surface area contributed by atoms with E-state index in [4.69, 9.17) is 4.74 Å². The number of ether oxygens (including phenoxy) is 1.